The molecule has 0 spiro atoms. The fraction of sp³-hybridized carbons (Fsp3) is 0.0526. The van der Waals surface area contributed by atoms with Crippen molar-refractivity contribution >= 4 is 29.2 Å². The average Bonchev–Trinajstić information content (AvgIpc) is 3.31. The van der Waals surface area contributed by atoms with Gasteiger partial charge in [-0.05, 0) is 42.1 Å². The Hall–Kier alpha value is -3.12. The van der Waals surface area contributed by atoms with Crippen molar-refractivity contribution in [2.45, 2.75) is 6.92 Å². The molecule has 1 aliphatic heterocycles. The van der Waals surface area contributed by atoms with Crippen LogP contribution in [-0.4, -0.2) is 11.8 Å². The minimum absolute atomic E-state index is 0.105. The highest BCUT2D eigenvalue weighted by atomic mass is 32.1. The number of thiophene rings is 1. The third kappa shape index (κ3) is 2.88. The molecule has 0 atom stereocenters. The zero-order valence-corrected chi connectivity index (χ0v) is 14.0. The average molecular weight is 352 g/mol. The monoisotopic (exact) mass is 352 g/mol. The first-order chi connectivity index (χ1) is 12.1. The van der Waals surface area contributed by atoms with Crippen LogP contribution >= 0.6 is 11.3 Å². The summed E-state index contributed by atoms with van der Waals surface area (Å²) in [5.41, 5.74) is 1.17. The maximum Gasteiger partial charge on any atom is 0.379 e. The fourth-order valence-corrected chi connectivity index (χ4v) is 3.24. The number of ether oxygens (including phenoxy) is 2. The van der Waals surface area contributed by atoms with Gasteiger partial charge in [-0.2, -0.15) is 0 Å². The van der Waals surface area contributed by atoms with Gasteiger partial charge in [0.05, 0.1) is 11.8 Å². The number of carbonyl (C=O) groups excluding carboxylic acids is 2. The van der Waals surface area contributed by atoms with Crippen LogP contribution in [0.5, 0.6) is 11.5 Å². The van der Waals surface area contributed by atoms with Crippen molar-refractivity contribution in [3.8, 4) is 11.5 Å². The van der Waals surface area contributed by atoms with Crippen molar-refractivity contribution in [2.75, 3.05) is 0 Å². The summed E-state index contributed by atoms with van der Waals surface area (Å²) in [6.07, 6.45) is 3.11. The van der Waals surface area contributed by atoms with Gasteiger partial charge in [0, 0.05) is 17.0 Å². The number of ketones is 1. The third-order valence-electron chi connectivity index (χ3n) is 3.69. The summed E-state index contributed by atoms with van der Waals surface area (Å²) in [6.45, 7) is 1.78. The predicted molar refractivity (Wildman–Crippen MR) is 92.1 cm³/mol. The van der Waals surface area contributed by atoms with Crippen molar-refractivity contribution in [3.05, 3.63) is 75.6 Å². The second kappa shape index (κ2) is 6.07. The first-order valence-electron chi connectivity index (χ1n) is 7.50. The quantitative estimate of drug-likeness (QED) is 0.395. The molecule has 0 saturated heterocycles. The molecule has 1 aliphatic rings. The van der Waals surface area contributed by atoms with Crippen LogP contribution in [0.15, 0.2) is 58.2 Å². The molecule has 0 fully saturated rings. The molecule has 3 heterocycles. The Kier molecular flexibility index (Phi) is 3.74. The minimum Gasteiger partial charge on any atom is -0.457 e. The molecule has 0 N–H and O–H groups in total. The molecular weight excluding hydrogens is 340 g/mol. The van der Waals surface area contributed by atoms with Crippen LogP contribution in [0.3, 0.4) is 0 Å². The van der Waals surface area contributed by atoms with Gasteiger partial charge in [-0.25, -0.2) is 4.79 Å². The van der Waals surface area contributed by atoms with E-state index in [1.54, 1.807) is 25.1 Å². The van der Waals surface area contributed by atoms with Gasteiger partial charge >= 0.3 is 5.97 Å². The summed E-state index contributed by atoms with van der Waals surface area (Å²) in [4.78, 5) is 25.5. The van der Waals surface area contributed by atoms with Crippen LogP contribution in [0.4, 0.5) is 0 Å². The molecule has 0 radical (unpaired) electrons. The molecular formula is C19H12O5S. The number of rotatable bonds is 3. The summed E-state index contributed by atoms with van der Waals surface area (Å²) in [5.74, 6) is 0.259. The van der Waals surface area contributed by atoms with Crippen molar-refractivity contribution in [2.24, 2.45) is 0 Å². The first kappa shape index (κ1) is 15.4. The van der Waals surface area contributed by atoms with E-state index in [9.17, 15) is 9.59 Å². The van der Waals surface area contributed by atoms with Crippen molar-refractivity contribution < 1.29 is 23.5 Å². The SMILES string of the molecule is Cc1cc(OC(=O)c2ccco2)cc2c1C(=O)/C(=C/c1cccs1)O2. The van der Waals surface area contributed by atoms with Gasteiger partial charge < -0.3 is 13.9 Å². The topological polar surface area (TPSA) is 65.7 Å². The minimum atomic E-state index is -0.608. The van der Waals surface area contributed by atoms with Crippen LogP contribution in [0, 0.1) is 6.92 Å². The highest BCUT2D eigenvalue weighted by Crippen LogP contribution is 2.38. The van der Waals surface area contributed by atoms with E-state index in [0.717, 1.165) is 4.88 Å². The number of carbonyl (C=O) groups is 2. The largest absolute Gasteiger partial charge is 0.457 e. The van der Waals surface area contributed by atoms with Crippen molar-refractivity contribution in [1.82, 2.24) is 0 Å². The summed E-state index contributed by atoms with van der Waals surface area (Å²) < 4.78 is 16.0. The van der Waals surface area contributed by atoms with E-state index in [1.165, 1.54) is 29.7 Å². The van der Waals surface area contributed by atoms with Gasteiger partial charge in [0.25, 0.3) is 0 Å². The van der Waals surface area contributed by atoms with E-state index >= 15 is 0 Å². The number of fused-ring (bicyclic) bond motifs is 1. The number of hydrogen-bond acceptors (Lipinski definition) is 6. The Morgan fingerprint density at radius 2 is 2.12 bits per heavy atom. The van der Waals surface area contributed by atoms with Gasteiger partial charge in [0.2, 0.25) is 11.5 Å². The van der Waals surface area contributed by atoms with E-state index < -0.39 is 5.97 Å². The Bertz CT molecular complexity index is 981. The van der Waals surface area contributed by atoms with Gasteiger partial charge in [0.1, 0.15) is 11.5 Å². The highest BCUT2D eigenvalue weighted by Gasteiger charge is 2.30. The standard InChI is InChI=1S/C19H12O5S/c1-11-8-12(23-19(21)14-5-2-6-22-14)9-15-17(11)18(20)16(24-15)10-13-4-3-7-25-13/h2-10H,1H3/b16-10-. The summed E-state index contributed by atoms with van der Waals surface area (Å²) in [6, 6.07) is 10.1. The fourth-order valence-electron chi connectivity index (χ4n) is 2.59. The lowest BCUT2D eigenvalue weighted by molar-refractivity contribution is 0.0701. The third-order valence-corrected chi connectivity index (χ3v) is 4.51. The van der Waals surface area contributed by atoms with E-state index in [4.69, 9.17) is 13.9 Å². The lowest BCUT2D eigenvalue weighted by Gasteiger charge is -2.06. The summed E-state index contributed by atoms with van der Waals surface area (Å²) in [7, 11) is 0. The Morgan fingerprint density at radius 1 is 1.24 bits per heavy atom. The Balaban J connectivity index is 1.63. The summed E-state index contributed by atoms with van der Waals surface area (Å²) >= 11 is 1.52. The zero-order valence-electron chi connectivity index (χ0n) is 13.1. The lowest BCUT2D eigenvalue weighted by atomic mass is 10.0. The predicted octanol–water partition coefficient (Wildman–Crippen LogP) is 4.48. The normalized spacial score (nSPS) is 14.4. The number of furan rings is 1. The maximum absolute atomic E-state index is 12.6. The van der Waals surface area contributed by atoms with Crippen LogP contribution in [0.25, 0.3) is 6.08 Å². The molecule has 124 valence electrons. The molecule has 0 amide bonds. The molecule has 25 heavy (non-hydrogen) atoms. The van der Waals surface area contributed by atoms with Gasteiger partial charge in [0.15, 0.2) is 5.76 Å². The first-order valence-corrected chi connectivity index (χ1v) is 8.38. The molecule has 3 aromatic rings. The molecule has 2 aromatic heterocycles. The summed E-state index contributed by atoms with van der Waals surface area (Å²) in [5, 5.41) is 1.93. The molecule has 0 bridgehead atoms. The van der Waals surface area contributed by atoms with Crippen LogP contribution in [-0.2, 0) is 0 Å². The molecule has 5 nitrogen and oxygen atoms in total. The molecule has 1 aromatic carbocycles. The molecule has 0 unspecified atom stereocenters. The number of hydrogen-bond donors (Lipinski definition) is 0. The van der Waals surface area contributed by atoms with E-state index in [-0.39, 0.29) is 17.3 Å². The molecule has 0 saturated carbocycles. The van der Waals surface area contributed by atoms with Gasteiger partial charge in [-0.3, -0.25) is 4.79 Å². The van der Waals surface area contributed by atoms with Crippen molar-refractivity contribution in [1.29, 1.82) is 0 Å². The van der Waals surface area contributed by atoms with E-state index in [1.807, 2.05) is 17.5 Å². The molecule has 0 aliphatic carbocycles. The van der Waals surface area contributed by atoms with Crippen molar-refractivity contribution in [3.63, 3.8) is 0 Å². The van der Waals surface area contributed by atoms with Crippen LogP contribution in [0.1, 0.15) is 31.4 Å². The molecule has 6 heteroatoms. The number of benzene rings is 1. The number of esters is 1. The Labute approximate surface area is 147 Å². The second-order valence-corrected chi connectivity index (χ2v) is 6.41. The molecule has 4 rings (SSSR count). The van der Waals surface area contributed by atoms with E-state index in [2.05, 4.69) is 0 Å². The van der Waals surface area contributed by atoms with Crippen LogP contribution < -0.4 is 9.47 Å². The number of aryl methyl sites for hydroxylation is 1. The van der Waals surface area contributed by atoms with Gasteiger partial charge in [-0.15, -0.1) is 11.3 Å². The maximum atomic E-state index is 12.6. The number of Topliss-reactive ketones (excluding diaryl/α,β-unsaturated/α-hetero) is 1. The highest BCUT2D eigenvalue weighted by molar-refractivity contribution is 7.10. The van der Waals surface area contributed by atoms with E-state index in [0.29, 0.717) is 22.6 Å². The van der Waals surface area contributed by atoms with Crippen LogP contribution in [0.2, 0.25) is 0 Å². The smallest absolute Gasteiger partial charge is 0.379 e. The number of allylic oxidation sites excluding steroid dienone is 1. The second-order valence-electron chi connectivity index (χ2n) is 5.44. The Morgan fingerprint density at radius 3 is 2.84 bits per heavy atom. The zero-order chi connectivity index (χ0) is 17.4. The van der Waals surface area contributed by atoms with Gasteiger partial charge in [-0.1, -0.05) is 6.07 Å². The lowest BCUT2D eigenvalue weighted by Crippen LogP contribution is -2.07.